The molecule has 8 heteroatoms. The first-order chi connectivity index (χ1) is 12.4. The molecule has 0 aliphatic heterocycles. The second-order valence-corrected chi connectivity index (χ2v) is 6.59. The molecular formula is C18H23FN6O. The molecule has 1 aliphatic rings. The second kappa shape index (κ2) is 7.65. The fraction of sp³-hybridized carbons (Fsp3) is 0.389. The molecule has 138 valence electrons. The van der Waals surface area contributed by atoms with Crippen molar-refractivity contribution in [2.24, 2.45) is 11.5 Å². The minimum absolute atomic E-state index is 0.174. The average Bonchev–Trinajstić information content (AvgIpc) is 2.59. The van der Waals surface area contributed by atoms with E-state index in [0.29, 0.717) is 12.2 Å². The lowest BCUT2D eigenvalue weighted by Gasteiger charge is -2.32. The van der Waals surface area contributed by atoms with Crippen LogP contribution < -0.4 is 22.1 Å². The zero-order valence-corrected chi connectivity index (χ0v) is 14.6. The summed E-state index contributed by atoms with van der Waals surface area (Å²) in [6, 6.07) is 6.76. The average molecular weight is 358 g/mol. The molecule has 0 spiro atoms. The number of carbonyl (C=O) groups excluding carboxylic acids is 1. The molecule has 0 unspecified atom stereocenters. The van der Waals surface area contributed by atoms with E-state index in [1.165, 1.54) is 6.20 Å². The molecule has 1 aliphatic carbocycles. The van der Waals surface area contributed by atoms with Crippen molar-refractivity contribution in [2.75, 3.05) is 10.6 Å². The first-order valence-electron chi connectivity index (χ1n) is 8.61. The number of benzene rings is 1. The van der Waals surface area contributed by atoms with Crippen LogP contribution in [0.5, 0.6) is 0 Å². The Hall–Kier alpha value is -2.74. The van der Waals surface area contributed by atoms with Gasteiger partial charge < -0.3 is 22.1 Å². The van der Waals surface area contributed by atoms with E-state index in [0.717, 1.165) is 24.1 Å². The van der Waals surface area contributed by atoms with Crippen molar-refractivity contribution >= 4 is 23.4 Å². The number of aryl methyl sites for hydroxylation is 1. The van der Waals surface area contributed by atoms with E-state index in [9.17, 15) is 9.18 Å². The fourth-order valence-corrected chi connectivity index (χ4v) is 3.09. The first-order valence-corrected chi connectivity index (χ1v) is 8.61. The van der Waals surface area contributed by atoms with Crippen molar-refractivity contribution in [3.8, 4) is 0 Å². The normalized spacial score (nSPS) is 22.7. The van der Waals surface area contributed by atoms with Gasteiger partial charge in [0.2, 0.25) is 5.95 Å². The minimum Gasteiger partial charge on any atom is -0.365 e. The first kappa shape index (κ1) is 18.1. The van der Waals surface area contributed by atoms with E-state index >= 15 is 0 Å². The zero-order chi connectivity index (χ0) is 18.7. The molecule has 3 rings (SSSR count). The van der Waals surface area contributed by atoms with Crippen LogP contribution in [0, 0.1) is 6.92 Å². The molecule has 1 heterocycles. The van der Waals surface area contributed by atoms with Crippen LogP contribution in [-0.2, 0) is 0 Å². The van der Waals surface area contributed by atoms with Crippen molar-refractivity contribution in [1.29, 1.82) is 0 Å². The van der Waals surface area contributed by atoms with Gasteiger partial charge in [-0.3, -0.25) is 4.79 Å². The number of hydrogen-bond donors (Lipinski definition) is 4. The number of halogens is 1. The van der Waals surface area contributed by atoms with E-state index in [1.54, 1.807) is 0 Å². The maximum Gasteiger partial charge on any atom is 0.254 e. The van der Waals surface area contributed by atoms with Gasteiger partial charge in [0.15, 0.2) is 0 Å². The van der Waals surface area contributed by atoms with Crippen molar-refractivity contribution in [1.82, 2.24) is 9.97 Å². The summed E-state index contributed by atoms with van der Waals surface area (Å²) in [4.78, 5) is 20.2. The van der Waals surface area contributed by atoms with Gasteiger partial charge in [0.05, 0.1) is 6.04 Å². The summed E-state index contributed by atoms with van der Waals surface area (Å²) >= 11 is 0. The molecule has 0 radical (unpaired) electrons. The molecule has 0 bridgehead atoms. The quantitative estimate of drug-likeness (QED) is 0.651. The van der Waals surface area contributed by atoms with Crippen LogP contribution in [0.2, 0.25) is 0 Å². The summed E-state index contributed by atoms with van der Waals surface area (Å²) in [6.45, 7) is 1.96. The summed E-state index contributed by atoms with van der Waals surface area (Å²) in [7, 11) is 0. The number of nitrogens with zero attached hydrogens (tertiary/aromatic N) is 2. The van der Waals surface area contributed by atoms with Crippen molar-refractivity contribution in [3.05, 3.63) is 41.6 Å². The van der Waals surface area contributed by atoms with Crippen LogP contribution in [0.25, 0.3) is 0 Å². The summed E-state index contributed by atoms with van der Waals surface area (Å²) in [5.74, 6) is -0.0635. The van der Waals surface area contributed by atoms with E-state index < -0.39 is 18.1 Å². The van der Waals surface area contributed by atoms with Gasteiger partial charge in [0.25, 0.3) is 5.91 Å². The summed E-state index contributed by atoms with van der Waals surface area (Å²) in [6.07, 6.45) is 2.28. The highest BCUT2D eigenvalue weighted by Crippen LogP contribution is 2.24. The number of anilines is 3. The van der Waals surface area contributed by atoms with Gasteiger partial charge >= 0.3 is 0 Å². The number of carbonyl (C=O) groups is 1. The van der Waals surface area contributed by atoms with Gasteiger partial charge in [-0.15, -0.1) is 0 Å². The van der Waals surface area contributed by atoms with Crippen LogP contribution in [0.4, 0.5) is 21.8 Å². The number of nitrogens with two attached hydrogens (primary N) is 2. The third-order valence-electron chi connectivity index (χ3n) is 4.53. The molecule has 6 N–H and O–H groups in total. The lowest BCUT2D eigenvalue weighted by Crippen LogP contribution is -2.49. The van der Waals surface area contributed by atoms with Gasteiger partial charge in [-0.25, -0.2) is 9.37 Å². The Balaban J connectivity index is 1.85. The number of alkyl halides is 1. The Morgan fingerprint density at radius 1 is 1.35 bits per heavy atom. The highest BCUT2D eigenvalue weighted by Gasteiger charge is 2.31. The number of amides is 1. The smallest absolute Gasteiger partial charge is 0.254 e. The third kappa shape index (κ3) is 4.08. The Labute approximate surface area is 151 Å². The Morgan fingerprint density at radius 2 is 2.15 bits per heavy atom. The van der Waals surface area contributed by atoms with Gasteiger partial charge in [-0.05, 0) is 43.9 Å². The minimum atomic E-state index is -1.05. The predicted octanol–water partition coefficient (Wildman–Crippen LogP) is 2.26. The molecule has 1 aromatic heterocycles. The van der Waals surface area contributed by atoms with Crippen LogP contribution in [0.15, 0.2) is 30.5 Å². The summed E-state index contributed by atoms with van der Waals surface area (Å²) in [5, 5.41) is 6.18. The maximum absolute atomic E-state index is 13.8. The Morgan fingerprint density at radius 3 is 2.88 bits per heavy atom. The number of nitrogens with one attached hydrogen (secondary N) is 2. The lowest BCUT2D eigenvalue weighted by molar-refractivity contribution is 0.100. The van der Waals surface area contributed by atoms with Crippen LogP contribution in [0.1, 0.15) is 35.2 Å². The molecule has 1 fully saturated rings. The number of rotatable bonds is 5. The molecule has 0 saturated heterocycles. The van der Waals surface area contributed by atoms with E-state index in [-0.39, 0.29) is 17.6 Å². The lowest BCUT2D eigenvalue weighted by atomic mass is 9.89. The van der Waals surface area contributed by atoms with Crippen LogP contribution in [-0.4, -0.2) is 34.1 Å². The highest BCUT2D eigenvalue weighted by molar-refractivity contribution is 5.98. The molecule has 1 saturated carbocycles. The topological polar surface area (TPSA) is 119 Å². The van der Waals surface area contributed by atoms with Gasteiger partial charge in [0, 0.05) is 17.9 Å². The molecule has 1 amide bonds. The van der Waals surface area contributed by atoms with Crippen molar-refractivity contribution in [3.63, 3.8) is 0 Å². The van der Waals surface area contributed by atoms with E-state index in [1.807, 2.05) is 31.2 Å². The Kier molecular flexibility index (Phi) is 5.32. The Bertz CT molecular complexity index is 799. The van der Waals surface area contributed by atoms with E-state index in [2.05, 4.69) is 20.6 Å². The third-order valence-corrected chi connectivity index (χ3v) is 4.53. The number of aromatic nitrogens is 2. The molecule has 26 heavy (non-hydrogen) atoms. The highest BCUT2D eigenvalue weighted by atomic mass is 19.1. The standard InChI is InChI=1S/C18H23FN6O/c1-10-4-2-5-11(8-10)23-17-12(16(21)26)9-22-18(25-17)24-14-7-3-6-13(19)15(14)20/h2,4-5,8-9,13-15H,3,6-7,20H2,1H3,(H2,21,26)(H2,22,23,24,25)/t13-,14-,15-/m1/s1. The summed E-state index contributed by atoms with van der Waals surface area (Å²) in [5.41, 5.74) is 13.4. The molecule has 2 aromatic rings. The summed E-state index contributed by atoms with van der Waals surface area (Å²) < 4.78 is 13.8. The largest absolute Gasteiger partial charge is 0.365 e. The number of hydrogen-bond acceptors (Lipinski definition) is 6. The predicted molar refractivity (Wildman–Crippen MR) is 99.1 cm³/mol. The SMILES string of the molecule is Cc1cccc(Nc2nc(N[C@@H]3CCC[C@@H](F)[C@H]3N)ncc2C(N)=O)c1. The van der Waals surface area contributed by atoms with E-state index in [4.69, 9.17) is 11.5 Å². The van der Waals surface area contributed by atoms with Crippen molar-refractivity contribution < 1.29 is 9.18 Å². The number of primary amides is 1. The van der Waals surface area contributed by atoms with Gasteiger partial charge in [-0.2, -0.15) is 4.98 Å². The van der Waals surface area contributed by atoms with Crippen LogP contribution in [0.3, 0.4) is 0 Å². The maximum atomic E-state index is 13.8. The zero-order valence-electron chi connectivity index (χ0n) is 14.6. The molecule has 3 atom stereocenters. The van der Waals surface area contributed by atoms with Crippen LogP contribution >= 0.6 is 0 Å². The van der Waals surface area contributed by atoms with Gasteiger partial charge in [0.1, 0.15) is 17.6 Å². The molecule has 1 aromatic carbocycles. The van der Waals surface area contributed by atoms with Crippen molar-refractivity contribution in [2.45, 2.75) is 44.4 Å². The molecular weight excluding hydrogens is 335 g/mol. The fourth-order valence-electron chi connectivity index (χ4n) is 3.09. The molecule has 7 nitrogen and oxygen atoms in total. The monoisotopic (exact) mass is 358 g/mol. The second-order valence-electron chi connectivity index (χ2n) is 6.59. The van der Waals surface area contributed by atoms with Gasteiger partial charge in [-0.1, -0.05) is 12.1 Å².